The van der Waals surface area contributed by atoms with Crippen molar-refractivity contribution in [1.29, 1.82) is 0 Å². The number of benzene rings is 2. The highest BCUT2D eigenvalue weighted by molar-refractivity contribution is 7.92. The summed E-state index contributed by atoms with van der Waals surface area (Å²) >= 11 is 1.30. The van der Waals surface area contributed by atoms with Gasteiger partial charge in [0.25, 0.3) is 0 Å². The number of nitrogens with one attached hydrogen (secondary N) is 1. The molecule has 2 heterocycles. The average Bonchev–Trinajstić information content (AvgIpc) is 3.47. The molecular weight excluding hydrogens is 472 g/mol. The van der Waals surface area contributed by atoms with Crippen LogP contribution in [0, 0.1) is 0 Å². The van der Waals surface area contributed by atoms with E-state index in [1.807, 2.05) is 35.7 Å². The van der Waals surface area contributed by atoms with Crippen molar-refractivity contribution in [2.24, 2.45) is 0 Å². The normalized spacial score (nSPS) is 11.6. The van der Waals surface area contributed by atoms with Crippen LogP contribution in [0.5, 0.6) is 0 Å². The van der Waals surface area contributed by atoms with Crippen LogP contribution in [-0.4, -0.2) is 47.6 Å². The number of sulfonamides is 1. The molecule has 0 saturated carbocycles. The molecule has 9 nitrogen and oxygen atoms in total. The molecule has 0 spiro atoms. The molecule has 0 atom stereocenters. The van der Waals surface area contributed by atoms with Gasteiger partial charge in [0.1, 0.15) is 5.69 Å². The quantitative estimate of drug-likeness (QED) is 0.376. The van der Waals surface area contributed by atoms with Gasteiger partial charge in [-0.25, -0.2) is 18.1 Å². The summed E-state index contributed by atoms with van der Waals surface area (Å²) in [6.07, 6.45) is 5.89. The number of anilines is 2. The number of nitrogens with zero attached hydrogens (tertiary/aromatic N) is 5. The van der Waals surface area contributed by atoms with Crippen LogP contribution in [0.15, 0.2) is 72.3 Å². The number of thiazole rings is 1. The number of amides is 1. The van der Waals surface area contributed by atoms with Crippen LogP contribution in [-0.2, 0) is 21.4 Å². The average molecular weight is 495 g/mol. The molecule has 1 N–H and O–H groups in total. The molecular formula is C23H22N6O3S2. The van der Waals surface area contributed by atoms with E-state index in [4.69, 9.17) is 0 Å². The minimum Gasteiger partial charge on any atom is -0.298 e. The molecule has 4 rings (SSSR count). The van der Waals surface area contributed by atoms with Gasteiger partial charge in [0, 0.05) is 24.1 Å². The van der Waals surface area contributed by atoms with Crippen LogP contribution in [0.1, 0.15) is 11.3 Å². The second-order valence-corrected chi connectivity index (χ2v) is 10.3. The maximum atomic E-state index is 12.3. The monoisotopic (exact) mass is 494 g/mol. The molecule has 0 aliphatic rings. The summed E-state index contributed by atoms with van der Waals surface area (Å²) in [5, 5.41) is 13.2. The summed E-state index contributed by atoms with van der Waals surface area (Å²) in [5.74, 6) is -0.330. The van der Waals surface area contributed by atoms with Crippen LogP contribution in [0.4, 0.5) is 10.8 Å². The smallest absolute Gasteiger partial charge is 0.250 e. The SMILES string of the molecule is CN(c1ccc(-c2csc(NC(=O)/C=C/c3cn(Cc4ccccc4)nn3)n2)cc1)S(C)(=O)=O. The Labute approximate surface area is 201 Å². The summed E-state index contributed by atoms with van der Waals surface area (Å²) in [4.78, 5) is 16.7. The lowest BCUT2D eigenvalue weighted by molar-refractivity contribution is -0.111. The molecule has 0 aliphatic carbocycles. The third-order valence-electron chi connectivity index (χ3n) is 4.91. The third-order valence-corrected chi connectivity index (χ3v) is 6.87. The molecule has 0 bridgehead atoms. The zero-order valence-corrected chi connectivity index (χ0v) is 20.1. The lowest BCUT2D eigenvalue weighted by atomic mass is 10.1. The lowest BCUT2D eigenvalue weighted by Crippen LogP contribution is -2.24. The van der Waals surface area contributed by atoms with Crippen molar-refractivity contribution in [1.82, 2.24) is 20.0 Å². The first-order valence-corrected chi connectivity index (χ1v) is 12.9. The largest absolute Gasteiger partial charge is 0.298 e. The molecule has 11 heteroatoms. The van der Waals surface area contributed by atoms with Crippen molar-refractivity contribution in [3.63, 3.8) is 0 Å². The number of rotatable bonds is 8. The third kappa shape index (κ3) is 5.94. The number of carbonyl (C=O) groups is 1. The fourth-order valence-corrected chi connectivity index (χ4v) is 4.27. The predicted molar refractivity (Wildman–Crippen MR) is 134 cm³/mol. The lowest BCUT2D eigenvalue weighted by Gasteiger charge is -2.16. The minimum atomic E-state index is -3.33. The second-order valence-electron chi connectivity index (χ2n) is 7.46. The van der Waals surface area contributed by atoms with Gasteiger partial charge in [-0.3, -0.25) is 14.4 Å². The Morgan fingerprint density at radius 1 is 1.15 bits per heavy atom. The minimum absolute atomic E-state index is 0.330. The Morgan fingerprint density at radius 2 is 1.88 bits per heavy atom. The number of hydrogen-bond acceptors (Lipinski definition) is 7. The van der Waals surface area contributed by atoms with Crippen LogP contribution in [0.2, 0.25) is 0 Å². The van der Waals surface area contributed by atoms with Crippen molar-refractivity contribution in [2.75, 3.05) is 22.9 Å². The number of carbonyl (C=O) groups excluding carboxylic acids is 1. The Morgan fingerprint density at radius 3 is 2.59 bits per heavy atom. The van der Waals surface area contributed by atoms with Gasteiger partial charge in [0.05, 0.1) is 30.4 Å². The highest BCUT2D eigenvalue weighted by atomic mass is 32.2. The summed E-state index contributed by atoms with van der Waals surface area (Å²) in [6, 6.07) is 16.9. The first kappa shape index (κ1) is 23.3. The van der Waals surface area contributed by atoms with E-state index in [0.29, 0.717) is 28.8 Å². The molecule has 34 heavy (non-hydrogen) atoms. The van der Waals surface area contributed by atoms with Crippen LogP contribution < -0.4 is 9.62 Å². The summed E-state index contributed by atoms with van der Waals surface area (Å²) < 4.78 is 26.3. The van der Waals surface area contributed by atoms with E-state index in [-0.39, 0.29) is 5.91 Å². The molecule has 0 saturated heterocycles. The van der Waals surface area contributed by atoms with Crippen LogP contribution >= 0.6 is 11.3 Å². The topological polar surface area (TPSA) is 110 Å². The summed E-state index contributed by atoms with van der Waals surface area (Å²) in [6.45, 7) is 0.599. The van der Waals surface area contributed by atoms with E-state index in [1.165, 1.54) is 28.8 Å². The zero-order valence-electron chi connectivity index (χ0n) is 18.5. The van der Waals surface area contributed by atoms with Crippen LogP contribution in [0.25, 0.3) is 17.3 Å². The molecule has 4 aromatic rings. The Bertz CT molecular complexity index is 1410. The van der Waals surface area contributed by atoms with Crippen molar-refractivity contribution in [3.8, 4) is 11.3 Å². The van der Waals surface area contributed by atoms with Crippen molar-refractivity contribution < 1.29 is 13.2 Å². The van der Waals surface area contributed by atoms with Gasteiger partial charge in [0.15, 0.2) is 5.13 Å². The molecule has 2 aromatic carbocycles. The van der Waals surface area contributed by atoms with Gasteiger partial charge < -0.3 is 0 Å². The van der Waals surface area contributed by atoms with Gasteiger partial charge in [-0.1, -0.05) is 47.7 Å². The first-order chi connectivity index (χ1) is 16.3. The molecule has 1 amide bonds. The number of hydrogen-bond donors (Lipinski definition) is 1. The van der Waals surface area contributed by atoms with E-state index >= 15 is 0 Å². The maximum Gasteiger partial charge on any atom is 0.250 e. The van der Waals surface area contributed by atoms with Gasteiger partial charge in [-0.15, -0.1) is 16.4 Å². The van der Waals surface area contributed by atoms with Crippen molar-refractivity contribution in [2.45, 2.75) is 6.54 Å². The Hall–Kier alpha value is -3.83. The molecule has 0 radical (unpaired) electrons. The Balaban J connectivity index is 1.35. The molecule has 0 aliphatic heterocycles. The summed E-state index contributed by atoms with van der Waals surface area (Å²) in [5.41, 5.74) is 3.73. The fraction of sp³-hybridized carbons (Fsp3) is 0.130. The Kier molecular flexibility index (Phi) is 6.85. The highest BCUT2D eigenvalue weighted by Crippen LogP contribution is 2.27. The van der Waals surface area contributed by atoms with Crippen molar-refractivity contribution in [3.05, 3.63) is 83.5 Å². The van der Waals surface area contributed by atoms with Gasteiger partial charge in [-0.2, -0.15) is 0 Å². The van der Waals surface area contributed by atoms with E-state index in [9.17, 15) is 13.2 Å². The highest BCUT2D eigenvalue weighted by Gasteiger charge is 2.12. The standard InChI is InChI=1S/C23H22N6O3S2/c1-28(34(2,31)32)20-11-8-18(9-12-20)21-16-33-23(24-21)25-22(30)13-10-19-15-29(27-26-19)14-17-6-4-3-5-7-17/h3-13,15-16H,14H2,1-2H3,(H,24,25,30)/b13-10+. The van der Waals surface area contributed by atoms with E-state index < -0.39 is 10.0 Å². The summed E-state index contributed by atoms with van der Waals surface area (Å²) in [7, 11) is -1.83. The van der Waals surface area contributed by atoms with E-state index in [2.05, 4.69) is 20.6 Å². The predicted octanol–water partition coefficient (Wildman–Crippen LogP) is 3.50. The number of aromatic nitrogens is 4. The zero-order chi connectivity index (χ0) is 24.1. The van der Waals surface area contributed by atoms with E-state index in [0.717, 1.165) is 17.4 Å². The maximum absolute atomic E-state index is 12.3. The van der Waals surface area contributed by atoms with Crippen LogP contribution in [0.3, 0.4) is 0 Å². The second kappa shape index (κ2) is 9.98. The fourth-order valence-electron chi connectivity index (χ4n) is 3.04. The van der Waals surface area contributed by atoms with E-state index in [1.54, 1.807) is 41.2 Å². The molecule has 0 fully saturated rings. The molecule has 174 valence electrons. The van der Waals surface area contributed by atoms with Gasteiger partial charge >= 0.3 is 0 Å². The first-order valence-electron chi connectivity index (χ1n) is 10.2. The van der Waals surface area contributed by atoms with Crippen molar-refractivity contribution >= 4 is 44.2 Å². The molecule has 0 unspecified atom stereocenters. The van der Waals surface area contributed by atoms with Gasteiger partial charge in [0.2, 0.25) is 15.9 Å². The molecule has 2 aromatic heterocycles. The van der Waals surface area contributed by atoms with Gasteiger partial charge in [-0.05, 0) is 23.8 Å².